The van der Waals surface area contributed by atoms with Crippen molar-refractivity contribution in [3.05, 3.63) is 35.4 Å². The molecule has 6 nitrogen and oxygen atoms in total. The molecule has 0 saturated carbocycles. The Kier molecular flexibility index (Phi) is 5.71. The third-order valence-electron chi connectivity index (χ3n) is 5.33. The SMILES string of the molecule is COCc1cccc(C(=O)N2CCC(N3CCC[C@H]3C(N)=O)CC2)c1. The van der Waals surface area contributed by atoms with Gasteiger partial charge in [-0.1, -0.05) is 12.1 Å². The van der Waals surface area contributed by atoms with E-state index in [2.05, 4.69) is 4.90 Å². The van der Waals surface area contributed by atoms with Gasteiger partial charge in [-0.15, -0.1) is 0 Å². The van der Waals surface area contributed by atoms with E-state index in [0.29, 0.717) is 18.2 Å². The Hall–Kier alpha value is -1.92. The van der Waals surface area contributed by atoms with Crippen molar-refractivity contribution in [1.29, 1.82) is 0 Å². The average molecular weight is 345 g/mol. The van der Waals surface area contributed by atoms with Crippen LogP contribution in [-0.4, -0.2) is 60.4 Å². The van der Waals surface area contributed by atoms with Crippen LogP contribution in [0.5, 0.6) is 0 Å². The van der Waals surface area contributed by atoms with Gasteiger partial charge in [-0.3, -0.25) is 14.5 Å². The molecule has 0 aromatic heterocycles. The molecule has 2 saturated heterocycles. The quantitative estimate of drug-likeness (QED) is 0.875. The molecule has 136 valence electrons. The van der Waals surface area contributed by atoms with Gasteiger partial charge in [-0.2, -0.15) is 0 Å². The molecule has 2 fully saturated rings. The Morgan fingerprint density at radius 1 is 1.20 bits per heavy atom. The molecule has 2 heterocycles. The van der Waals surface area contributed by atoms with Gasteiger partial charge in [0.25, 0.3) is 5.91 Å². The lowest BCUT2D eigenvalue weighted by molar-refractivity contribution is -0.123. The molecular formula is C19H27N3O3. The molecule has 0 radical (unpaired) electrons. The normalized spacial score (nSPS) is 22.3. The minimum absolute atomic E-state index is 0.0734. The zero-order chi connectivity index (χ0) is 17.8. The van der Waals surface area contributed by atoms with Crippen LogP contribution < -0.4 is 5.73 Å². The third-order valence-corrected chi connectivity index (χ3v) is 5.33. The van der Waals surface area contributed by atoms with Gasteiger partial charge >= 0.3 is 0 Å². The van der Waals surface area contributed by atoms with Gasteiger partial charge < -0.3 is 15.4 Å². The zero-order valence-electron chi connectivity index (χ0n) is 14.8. The van der Waals surface area contributed by atoms with E-state index in [-0.39, 0.29) is 17.9 Å². The first-order valence-corrected chi connectivity index (χ1v) is 9.02. The number of piperidine rings is 1. The molecule has 2 N–H and O–H groups in total. The van der Waals surface area contributed by atoms with E-state index < -0.39 is 0 Å². The van der Waals surface area contributed by atoms with Crippen LogP contribution in [0.1, 0.15) is 41.6 Å². The Balaban J connectivity index is 1.59. The highest BCUT2D eigenvalue weighted by molar-refractivity contribution is 5.94. The summed E-state index contributed by atoms with van der Waals surface area (Å²) in [6.07, 6.45) is 3.68. The van der Waals surface area contributed by atoms with Gasteiger partial charge in [0.15, 0.2) is 0 Å². The highest BCUT2D eigenvalue weighted by Crippen LogP contribution is 2.26. The first-order chi connectivity index (χ1) is 12.1. The number of primary amides is 1. The fourth-order valence-electron chi connectivity index (χ4n) is 4.08. The molecule has 0 bridgehead atoms. The monoisotopic (exact) mass is 345 g/mol. The predicted octanol–water partition coefficient (Wildman–Crippen LogP) is 1.39. The van der Waals surface area contributed by atoms with Crippen LogP contribution in [0.2, 0.25) is 0 Å². The molecule has 3 rings (SSSR count). The summed E-state index contributed by atoms with van der Waals surface area (Å²) < 4.78 is 5.14. The number of carbonyl (C=O) groups excluding carboxylic acids is 2. The van der Waals surface area contributed by atoms with Crippen LogP contribution in [0.3, 0.4) is 0 Å². The maximum Gasteiger partial charge on any atom is 0.253 e. The zero-order valence-corrected chi connectivity index (χ0v) is 14.8. The molecular weight excluding hydrogens is 318 g/mol. The third kappa shape index (κ3) is 4.02. The number of amides is 2. The van der Waals surface area contributed by atoms with Crippen LogP contribution >= 0.6 is 0 Å². The van der Waals surface area contributed by atoms with Crippen LogP contribution in [0.15, 0.2) is 24.3 Å². The average Bonchev–Trinajstić information content (AvgIpc) is 3.12. The first-order valence-electron chi connectivity index (χ1n) is 9.02. The molecule has 1 aromatic carbocycles. The van der Waals surface area contributed by atoms with Crippen molar-refractivity contribution in [2.45, 2.75) is 44.4 Å². The number of nitrogens with two attached hydrogens (primary N) is 1. The van der Waals surface area contributed by atoms with E-state index in [4.69, 9.17) is 10.5 Å². The highest BCUT2D eigenvalue weighted by atomic mass is 16.5. The van der Waals surface area contributed by atoms with Crippen molar-refractivity contribution in [2.24, 2.45) is 5.73 Å². The summed E-state index contributed by atoms with van der Waals surface area (Å²) >= 11 is 0. The van der Waals surface area contributed by atoms with Crippen molar-refractivity contribution in [1.82, 2.24) is 9.80 Å². The Morgan fingerprint density at radius 2 is 1.96 bits per heavy atom. The van der Waals surface area contributed by atoms with Crippen LogP contribution in [-0.2, 0) is 16.1 Å². The van der Waals surface area contributed by atoms with Crippen molar-refractivity contribution in [2.75, 3.05) is 26.7 Å². The Morgan fingerprint density at radius 3 is 2.64 bits per heavy atom. The second-order valence-corrected chi connectivity index (χ2v) is 6.95. The topological polar surface area (TPSA) is 75.9 Å². The summed E-state index contributed by atoms with van der Waals surface area (Å²) in [6, 6.07) is 7.85. The van der Waals surface area contributed by atoms with Crippen molar-refractivity contribution >= 4 is 11.8 Å². The molecule has 2 amide bonds. The predicted molar refractivity (Wildman–Crippen MR) is 95.0 cm³/mol. The Labute approximate surface area is 148 Å². The maximum absolute atomic E-state index is 12.8. The fraction of sp³-hybridized carbons (Fsp3) is 0.579. The summed E-state index contributed by atoms with van der Waals surface area (Å²) in [7, 11) is 1.65. The van der Waals surface area contributed by atoms with Crippen LogP contribution in [0.4, 0.5) is 0 Å². The van der Waals surface area contributed by atoms with Crippen molar-refractivity contribution < 1.29 is 14.3 Å². The lowest BCUT2D eigenvalue weighted by Crippen LogP contribution is -2.51. The van der Waals surface area contributed by atoms with E-state index in [0.717, 1.165) is 50.9 Å². The van der Waals surface area contributed by atoms with Crippen molar-refractivity contribution in [3.63, 3.8) is 0 Å². The molecule has 2 aliphatic rings. The van der Waals surface area contributed by atoms with E-state index in [1.807, 2.05) is 29.2 Å². The standard InChI is InChI=1S/C19H27N3O3/c1-25-13-14-4-2-5-15(12-14)19(24)21-10-7-16(8-11-21)22-9-3-6-17(22)18(20)23/h2,4-5,12,16-17H,3,6-11,13H2,1H3,(H2,20,23)/t17-/m0/s1. The number of nitrogens with zero attached hydrogens (tertiary/aromatic N) is 2. The van der Waals surface area contributed by atoms with Crippen LogP contribution in [0, 0.1) is 0 Å². The smallest absolute Gasteiger partial charge is 0.253 e. The summed E-state index contributed by atoms with van der Waals surface area (Å²) in [5.74, 6) is -0.143. The molecule has 2 aliphatic heterocycles. The lowest BCUT2D eigenvalue weighted by atomic mass is 10.0. The van der Waals surface area contributed by atoms with Crippen molar-refractivity contribution in [3.8, 4) is 0 Å². The number of ether oxygens (including phenoxy) is 1. The number of hydrogen-bond acceptors (Lipinski definition) is 4. The number of methoxy groups -OCH3 is 1. The van der Waals surface area contributed by atoms with Gasteiger partial charge in [0.05, 0.1) is 12.6 Å². The highest BCUT2D eigenvalue weighted by Gasteiger charge is 2.36. The summed E-state index contributed by atoms with van der Waals surface area (Å²) in [5.41, 5.74) is 7.25. The minimum atomic E-state index is -0.217. The number of benzene rings is 1. The number of carbonyl (C=O) groups is 2. The molecule has 0 aliphatic carbocycles. The first kappa shape index (κ1) is 17.9. The van der Waals surface area contributed by atoms with E-state index >= 15 is 0 Å². The van der Waals surface area contributed by atoms with Gasteiger partial charge in [0.1, 0.15) is 0 Å². The molecule has 0 spiro atoms. The minimum Gasteiger partial charge on any atom is -0.380 e. The second-order valence-electron chi connectivity index (χ2n) is 6.95. The summed E-state index contributed by atoms with van der Waals surface area (Å²) in [6.45, 7) is 2.89. The van der Waals surface area contributed by atoms with Gasteiger partial charge in [-0.05, 0) is 49.9 Å². The number of rotatable bonds is 5. The fourth-order valence-corrected chi connectivity index (χ4v) is 4.08. The summed E-state index contributed by atoms with van der Waals surface area (Å²) in [5, 5.41) is 0. The maximum atomic E-state index is 12.8. The molecule has 0 unspecified atom stereocenters. The van der Waals surface area contributed by atoms with E-state index in [9.17, 15) is 9.59 Å². The van der Waals surface area contributed by atoms with Gasteiger partial charge in [-0.25, -0.2) is 0 Å². The van der Waals surface area contributed by atoms with Crippen LogP contribution in [0.25, 0.3) is 0 Å². The van der Waals surface area contributed by atoms with Gasteiger partial charge in [0.2, 0.25) is 5.91 Å². The molecule has 1 atom stereocenters. The molecule has 6 heteroatoms. The Bertz CT molecular complexity index is 626. The second kappa shape index (κ2) is 7.97. The number of likely N-dealkylation sites (tertiary alicyclic amines) is 2. The van der Waals surface area contributed by atoms with E-state index in [1.54, 1.807) is 7.11 Å². The number of hydrogen-bond donors (Lipinski definition) is 1. The van der Waals surface area contributed by atoms with E-state index in [1.165, 1.54) is 0 Å². The molecule has 25 heavy (non-hydrogen) atoms. The summed E-state index contributed by atoms with van der Waals surface area (Å²) in [4.78, 5) is 28.5. The molecule has 1 aromatic rings. The van der Waals surface area contributed by atoms with Gasteiger partial charge in [0, 0.05) is 31.8 Å². The largest absolute Gasteiger partial charge is 0.380 e. The lowest BCUT2D eigenvalue weighted by Gasteiger charge is -2.38.